The van der Waals surface area contributed by atoms with Crippen molar-refractivity contribution in [1.29, 1.82) is 0 Å². The largest absolute Gasteiger partial charge is 0.466 e. The molecule has 12 heteroatoms. The summed E-state index contributed by atoms with van der Waals surface area (Å²) in [6, 6.07) is 7.95. The molecular formula is C23H22F6N2O3S. The minimum Gasteiger partial charge on any atom is -0.466 e. The number of fused-ring (bicyclic) bond motifs is 1. The third-order valence-corrected chi connectivity index (χ3v) is 6.47. The van der Waals surface area contributed by atoms with Crippen LogP contribution in [-0.4, -0.2) is 37.1 Å². The zero-order valence-electron chi connectivity index (χ0n) is 18.6. The van der Waals surface area contributed by atoms with Gasteiger partial charge in [0.2, 0.25) is 5.91 Å². The number of rotatable bonds is 7. The molecule has 0 aromatic heterocycles. The number of halogens is 6. The molecule has 2 N–H and O–H groups in total. The first-order valence-electron chi connectivity index (χ1n) is 10.4. The molecule has 0 fully saturated rings. The monoisotopic (exact) mass is 520 g/mol. The zero-order valence-corrected chi connectivity index (χ0v) is 19.5. The van der Waals surface area contributed by atoms with Crippen LogP contribution in [-0.2, 0) is 26.3 Å². The highest BCUT2D eigenvalue weighted by Crippen LogP contribution is 2.54. The van der Waals surface area contributed by atoms with E-state index >= 15 is 0 Å². The minimum atomic E-state index is -5.84. The third-order valence-electron chi connectivity index (χ3n) is 5.75. The second-order valence-electron chi connectivity index (χ2n) is 7.83. The molecule has 1 heterocycles. The Kier molecular flexibility index (Phi) is 7.75. The van der Waals surface area contributed by atoms with Crippen molar-refractivity contribution in [2.75, 3.05) is 18.2 Å². The van der Waals surface area contributed by atoms with E-state index < -0.39 is 47.7 Å². The molecule has 190 valence electrons. The number of ether oxygens (including phenoxy) is 1. The fraction of sp³-hybridized carbons (Fsp3) is 0.391. The summed E-state index contributed by atoms with van der Waals surface area (Å²) in [4.78, 5) is 25.5. The summed E-state index contributed by atoms with van der Waals surface area (Å²) in [5.74, 6) is -2.15. The first-order valence-corrected chi connectivity index (χ1v) is 11.7. The number of carbonyl (C=O) groups excluding carboxylic acids is 2. The van der Waals surface area contributed by atoms with Gasteiger partial charge in [-0.1, -0.05) is 18.2 Å². The number of esters is 1. The summed E-state index contributed by atoms with van der Waals surface area (Å²) in [7, 11) is 0. The second kappa shape index (κ2) is 10.1. The van der Waals surface area contributed by atoms with Crippen LogP contribution >= 0.6 is 11.8 Å². The average molecular weight is 520 g/mol. The van der Waals surface area contributed by atoms with Gasteiger partial charge in [0.1, 0.15) is 6.04 Å². The van der Waals surface area contributed by atoms with Gasteiger partial charge in [0.05, 0.1) is 13.0 Å². The molecule has 1 unspecified atom stereocenters. The molecule has 1 aliphatic rings. The number of alkyl halides is 6. The molecule has 5 nitrogen and oxygen atoms in total. The number of nitrogens with one attached hydrogen (secondary N) is 2. The summed E-state index contributed by atoms with van der Waals surface area (Å²) in [6.07, 6.45) is -11.7. The van der Waals surface area contributed by atoms with Gasteiger partial charge < -0.3 is 10.1 Å². The fourth-order valence-electron chi connectivity index (χ4n) is 3.97. The van der Waals surface area contributed by atoms with Gasteiger partial charge in [0.25, 0.3) is 0 Å². The lowest BCUT2D eigenvalue weighted by molar-refractivity contribution is -0.305. The van der Waals surface area contributed by atoms with Crippen molar-refractivity contribution < 1.29 is 40.7 Å². The highest BCUT2D eigenvalue weighted by Gasteiger charge is 2.72. The van der Waals surface area contributed by atoms with E-state index in [1.807, 2.05) is 18.4 Å². The number of anilines is 1. The molecule has 2 aromatic carbocycles. The van der Waals surface area contributed by atoms with E-state index in [2.05, 4.69) is 15.4 Å². The first kappa shape index (κ1) is 26.9. The highest BCUT2D eigenvalue weighted by atomic mass is 32.2. The Bertz CT molecular complexity index is 1070. The lowest BCUT2D eigenvalue weighted by atomic mass is 9.76. The molecule has 1 amide bonds. The SMILES string of the molecule is CCOC(=O)CC(c1ccc(NC(=O)C2NCc3cc(SC)ccc32)cc1)(C(F)(F)F)C(F)(F)F. The Morgan fingerprint density at radius 3 is 2.23 bits per heavy atom. The summed E-state index contributed by atoms with van der Waals surface area (Å²) in [5, 5.41) is 5.54. The molecule has 35 heavy (non-hydrogen) atoms. The van der Waals surface area contributed by atoms with Crippen LogP contribution in [0.5, 0.6) is 0 Å². The Morgan fingerprint density at radius 1 is 1.06 bits per heavy atom. The fourth-order valence-corrected chi connectivity index (χ4v) is 4.44. The van der Waals surface area contributed by atoms with Gasteiger partial charge >= 0.3 is 18.3 Å². The normalized spacial score (nSPS) is 16.1. The molecule has 3 rings (SSSR count). The van der Waals surface area contributed by atoms with Crippen LogP contribution in [0.15, 0.2) is 47.4 Å². The summed E-state index contributed by atoms with van der Waals surface area (Å²) in [5.41, 5.74) is -3.98. The molecule has 1 atom stereocenters. The van der Waals surface area contributed by atoms with Crippen molar-refractivity contribution in [2.24, 2.45) is 0 Å². The van der Waals surface area contributed by atoms with Gasteiger partial charge in [0, 0.05) is 17.1 Å². The Labute approximate surface area is 201 Å². The van der Waals surface area contributed by atoms with Crippen LogP contribution in [0, 0.1) is 0 Å². The Morgan fingerprint density at radius 2 is 1.69 bits per heavy atom. The minimum absolute atomic E-state index is 0.00381. The Hall–Kier alpha value is -2.73. The van der Waals surface area contributed by atoms with Crippen LogP contribution in [0.1, 0.15) is 36.1 Å². The van der Waals surface area contributed by atoms with E-state index in [1.54, 1.807) is 17.8 Å². The molecule has 0 spiro atoms. The van der Waals surface area contributed by atoms with E-state index in [9.17, 15) is 35.9 Å². The van der Waals surface area contributed by atoms with Crippen LogP contribution in [0.25, 0.3) is 0 Å². The van der Waals surface area contributed by atoms with Gasteiger partial charge in [-0.3, -0.25) is 14.9 Å². The van der Waals surface area contributed by atoms with Crippen molar-refractivity contribution >= 4 is 29.3 Å². The van der Waals surface area contributed by atoms with E-state index in [1.165, 1.54) is 6.92 Å². The molecule has 0 saturated heterocycles. The lowest BCUT2D eigenvalue weighted by Crippen LogP contribution is -2.55. The van der Waals surface area contributed by atoms with E-state index in [-0.39, 0.29) is 12.3 Å². The quantitative estimate of drug-likeness (QED) is 0.287. The summed E-state index contributed by atoms with van der Waals surface area (Å²) < 4.78 is 87.5. The molecule has 2 aromatic rings. The highest BCUT2D eigenvalue weighted by molar-refractivity contribution is 7.98. The van der Waals surface area contributed by atoms with Crippen LogP contribution in [0.3, 0.4) is 0 Å². The van der Waals surface area contributed by atoms with Gasteiger partial charge in [-0.25, -0.2) is 0 Å². The molecule has 0 bridgehead atoms. The predicted octanol–water partition coefficient (Wildman–Crippen LogP) is 5.51. The van der Waals surface area contributed by atoms with Crippen LogP contribution < -0.4 is 10.6 Å². The Balaban J connectivity index is 1.87. The number of hydrogen-bond acceptors (Lipinski definition) is 5. The smallest absolute Gasteiger partial charge is 0.407 e. The number of benzene rings is 2. The maximum atomic E-state index is 13.9. The molecule has 0 radical (unpaired) electrons. The van der Waals surface area contributed by atoms with E-state index in [4.69, 9.17) is 0 Å². The number of thioether (sulfide) groups is 1. The lowest BCUT2D eigenvalue weighted by Gasteiger charge is -2.37. The first-order chi connectivity index (χ1) is 16.3. The van der Waals surface area contributed by atoms with Crippen LogP contribution in [0.4, 0.5) is 32.0 Å². The van der Waals surface area contributed by atoms with Gasteiger partial charge in [-0.15, -0.1) is 11.8 Å². The van der Waals surface area contributed by atoms with Gasteiger partial charge in [-0.2, -0.15) is 26.3 Å². The summed E-state index contributed by atoms with van der Waals surface area (Å²) in [6.45, 7) is 1.35. The van der Waals surface area contributed by atoms with Gasteiger partial charge in [-0.05, 0) is 54.1 Å². The average Bonchev–Trinajstić information content (AvgIpc) is 3.20. The molecule has 0 aliphatic carbocycles. The molecule has 1 aliphatic heterocycles. The third kappa shape index (κ3) is 5.27. The topological polar surface area (TPSA) is 67.4 Å². The van der Waals surface area contributed by atoms with Crippen molar-refractivity contribution in [2.45, 2.75) is 48.6 Å². The van der Waals surface area contributed by atoms with Crippen molar-refractivity contribution in [3.63, 3.8) is 0 Å². The van der Waals surface area contributed by atoms with Crippen molar-refractivity contribution in [1.82, 2.24) is 5.32 Å². The number of carbonyl (C=O) groups is 2. The number of amides is 1. The maximum Gasteiger partial charge on any atom is 0.407 e. The summed E-state index contributed by atoms with van der Waals surface area (Å²) >= 11 is 1.54. The molecular weight excluding hydrogens is 498 g/mol. The van der Waals surface area contributed by atoms with E-state index in [0.29, 0.717) is 18.7 Å². The maximum absolute atomic E-state index is 13.9. The van der Waals surface area contributed by atoms with Crippen molar-refractivity contribution in [3.05, 3.63) is 59.2 Å². The van der Waals surface area contributed by atoms with Crippen molar-refractivity contribution in [3.8, 4) is 0 Å². The standard InChI is InChI=1S/C23H22F6N2O3S/c1-3-34-18(32)11-21(22(24,25)26,23(27,28)29)14-4-6-15(7-5-14)31-20(33)19-17-9-8-16(35-2)10-13(17)12-30-19/h4-10,19,30H,3,11-12H2,1-2H3,(H,31,33). The predicted molar refractivity (Wildman–Crippen MR) is 118 cm³/mol. The van der Waals surface area contributed by atoms with Gasteiger partial charge in [0.15, 0.2) is 5.41 Å². The zero-order chi connectivity index (χ0) is 26.0. The van der Waals surface area contributed by atoms with Crippen LogP contribution in [0.2, 0.25) is 0 Å². The number of hydrogen-bond donors (Lipinski definition) is 2. The van der Waals surface area contributed by atoms with E-state index in [0.717, 1.165) is 28.2 Å². The second-order valence-corrected chi connectivity index (χ2v) is 8.71. The molecule has 0 saturated carbocycles.